The van der Waals surface area contributed by atoms with E-state index in [1.165, 1.54) is 24.3 Å². The minimum Gasteiger partial charge on any atom is -0.413 e. The molecule has 0 aliphatic carbocycles. The van der Waals surface area contributed by atoms with Gasteiger partial charge in [-0.15, -0.1) is 0 Å². The third-order valence-corrected chi connectivity index (χ3v) is 6.66. The molecule has 0 saturated heterocycles. The van der Waals surface area contributed by atoms with Crippen molar-refractivity contribution in [1.82, 2.24) is 0 Å². The quantitative estimate of drug-likeness (QED) is 0.268. The highest BCUT2D eigenvalue weighted by molar-refractivity contribution is 7.54. The van der Waals surface area contributed by atoms with E-state index in [9.17, 15) is 13.3 Å². The average Bonchev–Trinajstić information content (AvgIpc) is 2.83. The highest BCUT2D eigenvalue weighted by Crippen LogP contribution is 2.49. The van der Waals surface area contributed by atoms with Gasteiger partial charge in [0.25, 0.3) is 0 Å². The molecule has 0 radical (unpaired) electrons. The van der Waals surface area contributed by atoms with Crippen molar-refractivity contribution < 1.29 is 22.4 Å². The third kappa shape index (κ3) is 4.90. The summed E-state index contributed by atoms with van der Waals surface area (Å²) in [7, 11) is -3.85. The van der Waals surface area contributed by atoms with E-state index in [1.807, 2.05) is 60.7 Å². The normalized spacial score (nSPS) is 11.2. The fourth-order valence-electron chi connectivity index (χ4n) is 3.22. The lowest BCUT2D eigenvalue weighted by Gasteiger charge is -2.20. The highest BCUT2D eigenvalue weighted by atomic mass is 31.2. The van der Waals surface area contributed by atoms with Gasteiger partial charge in [-0.1, -0.05) is 79.7 Å². The Bertz CT molecular complexity index is 1170. The Morgan fingerprint density at radius 1 is 0.625 bits per heavy atom. The smallest absolute Gasteiger partial charge is 0.413 e. The first kappa shape index (κ1) is 21.8. The molecule has 4 rings (SSSR count). The molecule has 0 saturated carbocycles. The summed E-state index contributed by atoms with van der Waals surface area (Å²) in [6.45, 7) is 1.58. The SMILES string of the molecule is CCP(=O)(Oc1ccc(-c2ccccc2)cc1F)Oc1ccc(-c2ccccc2)cc1F. The van der Waals surface area contributed by atoms with Gasteiger partial charge < -0.3 is 9.05 Å². The lowest BCUT2D eigenvalue weighted by Crippen LogP contribution is -2.05. The van der Waals surface area contributed by atoms with Gasteiger partial charge in [0.15, 0.2) is 23.1 Å². The molecule has 0 heterocycles. The fraction of sp³-hybridized carbons (Fsp3) is 0.0769. The summed E-state index contributed by atoms with van der Waals surface area (Å²) in [5, 5.41) is 0. The molecule has 162 valence electrons. The van der Waals surface area contributed by atoms with Gasteiger partial charge in [-0.2, -0.15) is 0 Å². The molecule has 0 N–H and O–H groups in total. The molecule has 0 aromatic heterocycles. The summed E-state index contributed by atoms with van der Waals surface area (Å²) < 4.78 is 53.4. The van der Waals surface area contributed by atoms with Gasteiger partial charge in [-0.3, -0.25) is 0 Å². The highest BCUT2D eigenvalue weighted by Gasteiger charge is 2.28. The Morgan fingerprint density at radius 2 is 1.03 bits per heavy atom. The molecule has 0 unspecified atom stereocenters. The Kier molecular flexibility index (Phi) is 6.38. The molecule has 0 bridgehead atoms. The predicted octanol–water partition coefficient (Wildman–Crippen LogP) is 7.97. The van der Waals surface area contributed by atoms with Gasteiger partial charge in [0.05, 0.1) is 6.16 Å². The zero-order valence-corrected chi connectivity index (χ0v) is 18.3. The number of hydrogen-bond donors (Lipinski definition) is 0. The van der Waals surface area contributed by atoms with Crippen LogP contribution in [0.1, 0.15) is 6.92 Å². The predicted molar refractivity (Wildman–Crippen MR) is 123 cm³/mol. The van der Waals surface area contributed by atoms with Crippen molar-refractivity contribution in [3.05, 3.63) is 109 Å². The van der Waals surface area contributed by atoms with Crippen molar-refractivity contribution in [3.63, 3.8) is 0 Å². The second kappa shape index (κ2) is 9.37. The first-order valence-electron chi connectivity index (χ1n) is 10.2. The molecule has 6 heteroatoms. The van der Waals surface area contributed by atoms with Crippen LogP contribution in [0.4, 0.5) is 8.78 Å². The fourth-order valence-corrected chi connectivity index (χ4v) is 4.41. The maximum absolute atomic E-state index is 14.7. The van der Waals surface area contributed by atoms with E-state index in [4.69, 9.17) is 9.05 Å². The maximum Gasteiger partial charge on any atom is 0.430 e. The molecular formula is C26H21F2O3P. The zero-order valence-electron chi connectivity index (χ0n) is 17.4. The van der Waals surface area contributed by atoms with Crippen molar-refractivity contribution in [2.24, 2.45) is 0 Å². The molecular weight excluding hydrogens is 429 g/mol. The topological polar surface area (TPSA) is 35.5 Å². The van der Waals surface area contributed by atoms with Gasteiger partial charge in [0, 0.05) is 0 Å². The summed E-state index contributed by atoms with van der Waals surface area (Å²) in [5.74, 6) is -1.78. The van der Waals surface area contributed by atoms with Crippen LogP contribution < -0.4 is 9.05 Å². The molecule has 0 fully saturated rings. The monoisotopic (exact) mass is 450 g/mol. The summed E-state index contributed by atoms with van der Waals surface area (Å²) >= 11 is 0. The van der Waals surface area contributed by atoms with E-state index in [1.54, 1.807) is 19.1 Å². The Morgan fingerprint density at radius 3 is 1.38 bits per heavy atom. The number of halogens is 2. The molecule has 0 atom stereocenters. The van der Waals surface area contributed by atoms with E-state index in [-0.39, 0.29) is 17.7 Å². The number of benzene rings is 4. The minimum atomic E-state index is -3.85. The zero-order chi connectivity index (χ0) is 22.6. The van der Waals surface area contributed by atoms with E-state index < -0.39 is 19.2 Å². The first-order valence-corrected chi connectivity index (χ1v) is 11.9. The van der Waals surface area contributed by atoms with Gasteiger partial charge in [-0.25, -0.2) is 13.3 Å². The minimum absolute atomic E-state index is 0.0627. The van der Waals surface area contributed by atoms with Crippen LogP contribution in [-0.2, 0) is 4.57 Å². The molecule has 4 aromatic rings. The largest absolute Gasteiger partial charge is 0.430 e. The Labute approximate surface area is 185 Å². The van der Waals surface area contributed by atoms with Gasteiger partial charge >= 0.3 is 7.60 Å². The lowest BCUT2D eigenvalue weighted by molar-refractivity contribution is 0.368. The van der Waals surface area contributed by atoms with Crippen molar-refractivity contribution in [2.45, 2.75) is 6.92 Å². The second-order valence-electron chi connectivity index (χ2n) is 7.13. The molecule has 3 nitrogen and oxygen atoms in total. The average molecular weight is 450 g/mol. The third-order valence-electron chi connectivity index (χ3n) is 4.94. The van der Waals surface area contributed by atoms with E-state index >= 15 is 0 Å². The molecule has 0 amide bonds. The van der Waals surface area contributed by atoms with Crippen molar-refractivity contribution in [2.75, 3.05) is 6.16 Å². The van der Waals surface area contributed by atoms with Crippen molar-refractivity contribution in [1.29, 1.82) is 0 Å². The van der Waals surface area contributed by atoms with E-state index in [0.717, 1.165) is 11.1 Å². The summed E-state index contributed by atoms with van der Waals surface area (Å²) in [5.41, 5.74) is 3.00. The van der Waals surface area contributed by atoms with Gasteiger partial charge in [0.2, 0.25) is 0 Å². The van der Waals surface area contributed by atoms with E-state index in [2.05, 4.69) is 0 Å². The Balaban J connectivity index is 1.55. The van der Waals surface area contributed by atoms with Gasteiger partial charge in [-0.05, 0) is 46.5 Å². The second-order valence-corrected chi connectivity index (χ2v) is 9.35. The standard InChI is InChI=1S/C26H21F2O3P/c1-2-32(29,30-25-15-13-21(17-23(25)27)19-9-5-3-6-10-19)31-26-16-14-22(18-24(26)28)20-11-7-4-8-12-20/h3-18H,2H2,1H3. The van der Waals surface area contributed by atoms with Crippen molar-refractivity contribution in [3.8, 4) is 33.8 Å². The molecule has 4 aromatic carbocycles. The van der Waals surface area contributed by atoms with Crippen LogP contribution in [0.3, 0.4) is 0 Å². The molecule has 0 aliphatic heterocycles. The molecule has 0 spiro atoms. The van der Waals surface area contributed by atoms with Crippen LogP contribution in [0.5, 0.6) is 11.5 Å². The van der Waals surface area contributed by atoms with Crippen LogP contribution in [0.15, 0.2) is 97.1 Å². The lowest BCUT2D eigenvalue weighted by atomic mass is 10.1. The summed E-state index contributed by atoms with van der Waals surface area (Å²) in [6, 6.07) is 27.4. The Hall–Kier alpha value is -3.43. The maximum atomic E-state index is 14.7. The van der Waals surface area contributed by atoms with E-state index in [0.29, 0.717) is 11.1 Å². The van der Waals surface area contributed by atoms with Crippen LogP contribution in [-0.4, -0.2) is 6.16 Å². The summed E-state index contributed by atoms with van der Waals surface area (Å²) in [4.78, 5) is 0. The number of rotatable bonds is 7. The van der Waals surface area contributed by atoms with Gasteiger partial charge in [0.1, 0.15) is 0 Å². The first-order chi connectivity index (χ1) is 15.5. The number of hydrogen-bond acceptors (Lipinski definition) is 3. The van der Waals surface area contributed by atoms with Crippen LogP contribution in [0, 0.1) is 11.6 Å². The molecule has 0 aliphatic rings. The molecule has 32 heavy (non-hydrogen) atoms. The van der Waals surface area contributed by atoms with Crippen molar-refractivity contribution >= 4 is 7.60 Å². The van der Waals surface area contributed by atoms with Crippen LogP contribution >= 0.6 is 7.60 Å². The summed E-state index contributed by atoms with van der Waals surface area (Å²) in [6.07, 6.45) is -0.0627. The van der Waals surface area contributed by atoms with Crippen LogP contribution in [0.25, 0.3) is 22.3 Å². The van der Waals surface area contributed by atoms with Crippen LogP contribution in [0.2, 0.25) is 0 Å².